The lowest BCUT2D eigenvalue weighted by Gasteiger charge is -2.13. The number of benzene rings is 1. The van der Waals surface area contributed by atoms with Gasteiger partial charge in [0.1, 0.15) is 5.75 Å². The third kappa shape index (κ3) is 2.02. The van der Waals surface area contributed by atoms with E-state index >= 15 is 0 Å². The fourth-order valence-electron chi connectivity index (χ4n) is 1.18. The van der Waals surface area contributed by atoms with Crippen LogP contribution in [0.15, 0.2) is 12.1 Å². The van der Waals surface area contributed by atoms with E-state index in [0.717, 1.165) is 0 Å². The highest BCUT2D eigenvalue weighted by molar-refractivity contribution is 5.55. The summed E-state index contributed by atoms with van der Waals surface area (Å²) in [4.78, 5) is 0. The van der Waals surface area contributed by atoms with Crippen LogP contribution in [-0.4, -0.2) is 25.9 Å². The van der Waals surface area contributed by atoms with Crippen LogP contribution in [0.5, 0.6) is 23.0 Å². The fourth-order valence-corrected chi connectivity index (χ4v) is 1.18. The van der Waals surface area contributed by atoms with Gasteiger partial charge >= 0.3 is 0 Å². The number of ether oxygens (including phenoxy) is 3. The number of rotatable bonds is 4. The maximum Gasteiger partial charge on any atom is 0.203 e. The first-order chi connectivity index (χ1) is 6.72. The van der Waals surface area contributed by atoms with Crippen LogP contribution in [0.1, 0.15) is 6.92 Å². The molecule has 0 saturated carbocycles. The summed E-state index contributed by atoms with van der Waals surface area (Å²) in [6.07, 6.45) is 0. The van der Waals surface area contributed by atoms with Crippen molar-refractivity contribution in [3.05, 3.63) is 12.1 Å². The summed E-state index contributed by atoms with van der Waals surface area (Å²) >= 11 is 0. The highest BCUT2D eigenvalue weighted by Crippen LogP contribution is 2.40. The molecule has 0 fully saturated rings. The predicted molar refractivity (Wildman–Crippen MR) is 52.4 cm³/mol. The Hall–Kier alpha value is -1.58. The molecule has 0 aliphatic heterocycles. The van der Waals surface area contributed by atoms with Gasteiger partial charge in [-0.1, -0.05) is 0 Å². The van der Waals surface area contributed by atoms with Crippen molar-refractivity contribution >= 4 is 0 Å². The van der Waals surface area contributed by atoms with Gasteiger partial charge in [0.05, 0.1) is 20.8 Å². The van der Waals surface area contributed by atoms with E-state index in [0.29, 0.717) is 23.9 Å². The van der Waals surface area contributed by atoms with Gasteiger partial charge in [0.15, 0.2) is 11.5 Å². The molecule has 1 aromatic carbocycles. The van der Waals surface area contributed by atoms with Gasteiger partial charge in [0, 0.05) is 12.1 Å². The Morgan fingerprint density at radius 1 is 1.14 bits per heavy atom. The molecule has 0 spiro atoms. The molecular formula is C10H14O4. The number of phenols is 1. The molecule has 0 heterocycles. The van der Waals surface area contributed by atoms with Crippen LogP contribution < -0.4 is 14.2 Å². The molecule has 1 aromatic rings. The Morgan fingerprint density at radius 3 is 2.29 bits per heavy atom. The first-order valence-electron chi connectivity index (χ1n) is 4.30. The molecule has 0 saturated heterocycles. The van der Waals surface area contributed by atoms with Gasteiger partial charge in [-0.2, -0.15) is 0 Å². The maximum absolute atomic E-state index is 9.36. The van der Waals surface area contributed by atoms with Crippen molar-refractivity contribution in [2.45, 2.75) is 6.92 Å². The Morgan fingerprint density at radius 2 is 1.79 bits per heavy atom. The summed E-state index contributed by atoms with van der Waals surface area (Å²) in [5.41, 5.74) is 0. The molecule has 1 N–H and O–H groups in total. The number of phenolic OH excluding ortho intramolecular Hbond substituents is 1. The predicted octanol–water partition coefficient (Wildman–Crippen LogP) is 1.81. The zero-order chi connectivity index (χ0) is 10.6. The van der Waals surface area contributed by atoms with Crippen LogP contribution in [0.4, 0.5) is 0 Å². The van der Waals surface area contributed by atoms with Crippen LogP contribution >= 0.6 is 0 Å². The number of aromatic hydroxyl groups is 1. The smallest absolute Gasteiger partial charge is 0.203 e. The van der Waals surface area contributed by atoms with Crippen molar-refractivity contribution in [3.8, 4) is 23.0 Å². The third-order valence-corrected chi connectivity index (χ3v) is 1.73. The van der Waals surface area contributed by atoms with Gasteiger partial charge in [-0.15, -0.1) is 0 Å². The number of methoxy groups -OCH3 is 2. The lowest BCUT2D eigenvalue weighted by atomic mass is 10.2. The standard InChI is InChI=1S/C10H14O4/c1-4-14-9-6-7(11)5-8(12-2)10(9)13-3/h5-6,11H,4H2,1-3H3. The lowest BCUT2D eigenvalue weighted by Crippen LogP contribution is -1.97. The molecule has 0 aliphatic carbocycles. The number of hydrogen-bond donors (Lipinski definition) is 1. The van der Waals surface area contributed by atoms with Crippen molar-refractivity contribution in [2.75, 3.05) is 20.8 Å². The van der Waals surface area contributed by atoms with Gasteiger partial charge < -0.3 is 19.3 Å². The van der Waals surface area contributed by atoms with E-state index in [9.17, 15) is 5.11 Å². The molecule has 0 aliphatic rings. The van der Waals surface area contributed by atoms with Gasteiger partial charge in [0.2, 0.25) is 5.75 Å². The second-order valence-corrected chi connectivity index (χ2v) is 2.61. The van der Waals surface area contributed by atoms with Gasteiger partial charge in [-0.25, -0.2) is 0 Å². The summed E-state index contributed by atoms with van der Waals surface area (Å²) in [6.45, 7) is 2.36. The van der Waals surface area contributed by atoms with Crippen molar-refractivity contribution in [1.82, 2.24) is 0 Å². The monoisotopic (exact) mass is 198 g/mol. The van der Waals surface area contributed by atoms with Crippen LogP contribution in [0.3, 0.4) is 0 Å². The molecule has 14 heavy (non-hydrogen) atoms. The normalized spacial score (nSPS) is 9.64. The summed E-state index contributed by atoms with van der Waals surface area (Å²) in [5, 5.41) is 9.36. The second kappa shape index (κ2) is 4.60. The van der Waals surface area contributed by atoms with E-state index in [1.165, 1.54) is 26.4 Å². The first-order valence-corrected chi connectivity index (χ1v) is 4.30. The van der Waals surface area contributed by atoms with Crippen LogP contribution in [-0.2, 0) is 0 Å². The van der Waals surface area contributed by atoms with Crippen molar-refractivity contribution in [1.29, 1.82) is 0 Å². The minimum absolute atomic E-state index is 0.0890. The summed E-state index contributed by atoms with van der Waals surface area (Å²) in [7, 11) is 3.03. The van der Waals surface area contributed by atoms with E-state index in [-0.39, 0.29) is 5.75 Å². The molecule has 0 bridgehead atoms. The average Bonchev–Trinajstić information content (AvgIpc) is 2.17. The van der Waals surface area contributed by atoms with Crippen molar-refractivity contribution < 1.29 is 19.3 Å². The van der Waals surface area contributed by atoms with Gasteiger partial charge in [-0.3, -0.25) is 0 Å². The Kier molecular flexibility index (Phi) is 3.45. The first kappa shape index (κ1) is 10.5. The number of hydrogen-bond acceptors (Lipinski definition) is 4. The Bertz CT molecular complexity index is 309. The summed E-state index contributed by atoms with van der Waals surface area (Å²) < 4.78 is 15.4. The maximum atomic E-state index is 9.36. The van der Waals surface area contributed by atoms with Crippen LogP contribution in [0, 0.1) is 0 Å². The molecule has 0 aromatic heterocycles. The largest absolute Gasteiger partial charge is 0.508 e. The molecule has 78 valence electrons. The minimum Gasteiger partial charge on any atom is -0.508 e. The highest BCUT2D eigenvalue weighted by Gasteiger charge is 2.12. The van der Waals surface area contributed by atoms with Crippen LogP contribution in [0.2, 0.25) is 0 Å². The van der Waals surface area contributed by atoms with Gasteiger partial charge in [0.25, 0.3) is 0 Å². The average molecular weight is 198 g/mol. The SMILES string of the molecule is CCOc1cc(O)cc(OC)c1OC. The zero-order valence-electron chi connectivity index (χ0n) is 8.53. The van der Waals surface area contributed by atoms with E-state index in [1.807, 2.05) is 6.92 Å². The summed E-state index contributed by atoms with van der Waals surface area (Å²) in [6, 6.07) is 2.96. The molecule has 0 atom stereocenters. The Balaban J connectivity index is 3.17. The molecule has 0 radical (unpaired) electrons. The molecule has 0 amide bonds. The van der Waals surface area contributed by atoms with Crippen LogP contribution in [0.25, 0.3) is 0 Å². The van der Waals surface area contributed by atoms with E-state index in [4.69, 9.17) is 14.2 Å². The van der Waals surface area contributed by atoms with E-state index in [1.54, 1.807) is 0 Å². The van der Waals surface area contributed by atoms with E-state index in [2.05, 4.69) is 0 Å². The quantitative estimate of drug-likeness (QED) is 0.801. The van der Waals surface area contributed by atoms with Crippen molar-refractivity contribution in [3.63, 3.8) is 0 Å². The molecule has 1 rings (SSSR count). The topological polar surface area (TPSA) is 47.9 Å². The van der Waals surface area contributed by atoms with Crippen molar-refractivity contribution in [2.24, 2.45) is 0 Å². The second-order valence-electron chi connectivity index (χ2n) is 2.61. The molecule has 4 nitrogen and oxygen atoms in total. The third-order valence-electron chi connectivity index (χ3n) is 1.73. The van der Waals surface area contributed by atoms with E-state index < -0.39 is 0 Å². The lowest BCUT2D eigenvalue weighted by molar-refractivity contribution is 0.293. The Labute approximate surface area is 83.0 Å². The fraction of sp³-hybridized carbons (Fsp3) is 0.400. The van der Waals surface area contributed by atoms with Gasteiger partial charge in [-0.05, 0) is 6.92 Å². The summed E-state index contributed by atoms with van der Waals surface area (Å²) in [5.74, 6) is 1.51. The minimum atomic E-state index is 0.0890. The molecular weight excluding hydrogens is 184 g/mol. The molecule has 0 unspecified atom stereocenters. The zero-order valence-corrected chi connectivity index (χ0v) is 8.53. The highest BCUT2D eigenvalue weighted by atomic mass is 16.5. The molecule has 4 heteroatoms.